The Morgan fingerprint density at radius 2 is 1.71 bits per heavy atom. The summed E-state index contributed by atoms with van der Waals surface area (Å²) in [4.78, 5) is 27.7. The first-order valence-electron chi connectivity index (χ1n) is 11.9. The van der Waals surface area contributed by atoms with Crippen molar-refractivity contribution >= 4 is 27.5 Å². The molecule has 2 aromatic carbocycles. The van der Waals surface area contributed by atoms with E-state index in [9.17, 15) is 18.0 Å². The van der Waals surface area contributed by atoms with Crippen molar-refractivity contribution in [2.45, 2.75) is 52.6 Å². The summed E-state index contributed by atoms with van der Waals surface area (Å²) in [5.74, 6) is 0.0481. The molecule has 1 atom stereocenters. The molecule has 192 valence electrons. The predicted octanol–water partition coefficient (Wildman–Crippen LogP) is 3.49. The zero-order valence-corrected chi connectivity index (χ0v) is 22.1. The summed E-state index contributed by atoms with van der Waals surface area (Å²) in [6, 6.07) is 14.1. The van der Waals surface area contributed by atoms with E-state index >= 15 is 0 Å². The van der Waals surface area contributed by atoms with Gasteiger partial charge < -0.3 is 15.0 Å². The van der Waals surface area contributed by atoms with Crippen molar-refractivity contribution in [1.82, 2.24) is 10.2 Å². The number of hydrogen-bond acceptors (Lipinski definition) is 5. The van der Waals surface area contributed by atoms with Crippen LogP contribution in [-0.2, 0) is 26.2 Å². The lowest BCUT2D eigenvalue weighted by Gasteiger charge is -2.31. The minimum Gasteiger partial charge on any atom is -0.495 e. The molecule has 0 saturated carbocycles. The molecular weight excluding hydrogens is 466 g/mol. The summed E-state index contributed by atoms with van der Waals surface area (Å²) < 4.78 is 31.6. The van der Waals surface area contributed by atoms with Crippen LogP contribution in [0.2, 0.25) is 0 Å². The minimum absolute atomic E-state index is 0.100. The van der Waals surface area contributed by atoms with Gasteiger partial charge in [0.15, 0.2) is 0 Å². The number of carbonyl (C=O) groups excluding carboxylic acids is 2. The third-order valence-corrected chi connectivity index (χ3v) is 6.90. The van der Waals surface area contributed by atoms with Crippen molar-refractivity contribution < 1.29 is 22.7 Å². The van der Waals surface area contributed by atoms with Gasteiger partial charge in [0.2, 0.25) is 21.8 Å². The molecule has 35 heavy (non-hydrogen) atoms. The normalized spacial score (nSPS) is 12.0. The van der Waals surface area contributed by atoms with Crippen LogP contribution in [0.1, 0.15) is 44.2 Å². The first-order valence-corrected chi connectivity index (χ1v) is 13.7. The lowest BCUT2D eigenvalue weighted by Crippen LogP contribution is -2.49. The van der Waals surface area contributed by atoms with Gasteiger partial charge in [-0.2, -0.15) is 0 Å². The summed E-state index contributed by atoms with van der Waals surface area (Å²) in [6.07, 6.45) is 2.00. The number of hydrogen-bond donors (Lipinski definition) is 1. The van der Waals surface area contributed by atoms with Gasteiger partial charge in [0, 0.05) is 26.1 Å². The van der Waals surface area contributed by atoms with Gasteiger partial charge in [-0.3, -0.25) is 13.9 Å². The van der Waals surface area contributed by atoms with E-state index in [1.54, 1.807) is 29.2 Å². The number of methoxy groups -OCH3 is 1. The Balaban J connectivity index is 2.22. The van der Waals surface area contributed by atoms with E-state index in [0.717, 1.165) is 17.4 Å². The summed E-state index contributed by atoms with van der Waals surface area (Å²) in [7, 11) is -2.11. The fourth-order valence-corrected chi connectivity index (χ4v) is 4.89. The van der Waals surface area contributed by atoms with Crippen LogP contribution in [0.25, 0.3) is 0 Å². The lowest BCUT2D eigenvalue weighted by atomic mass is 10.1. The van der Waals surface area contributed by atoms with Crippen molar-refractivity contribution in [2.24, 2.45) is 0 Å². The molecule has 0 saturated heterocycles. The molecule has 0 aromatic heterocycles. The van der Waals surface area contributed by atoms with Gasteiger partial charge in [-0.15, -0.1) is 0 Å². The van der Waals surface area contributed by atoms with E-state index in [1.165, 1.54) is 11.4 Å². The van der Waals surface area contributed by atoms with Crippen LogP contribution in [0.3, 0.4) is 0 Å². The Kier molecular flexibility index (Phi) is 10.6. The lowest BCUT2D eigenvalue weighted by molar-refractivity contribution is -0.141. The van der Waals surface area contributed by atoms with Crippen LogP contribution in [0.4, 0.5) is 5.69 Å². The number of ether oxygens (including phenoxy) is 1. The number of nitrogens with zero attached hydrogens (tertiary/aromatic N) is 2. The molecule has 0 heterocycles. The predicted molar refractivity (Wildman–Crippen MR) is 139 cm³/mol. The van der Waals surface area contributed by atoms with Crippen LogP contribution >= 0.6 is 0 Å². The average molecular weight is 504 g/mol. The molecule has 8 nitrogen and oxygen atoms in total. The van der Waals surface area contributed by atoms with Crippen LogP contribution in [0, 0.1) is 6.92 Å². The number of amides is 2. The number of sulfonamides is 1. The summed E-state index contributed by atoms with van der Waals surface area (Å²) in [5, 5.41) is 2.82. The first kappa shape index (κ1) is 28.2. The van der Waals surface area contributed by atoms with Crippen molar-refractivity contribution in [2.75, 3.05) is 30.8 Å². The van der Waals surface area contributed by atoms with E-state index in [2.05, 4.69) is 5.32 Å². The number of carbonyl (C=O) groups is 2. The summed E-state index contributed by atoms with van der Waals surface area (Å²) in [6.45, 7) is 6.60. The van der Waals surface area contributed by atoms with Crippen LogP contribution in [0.15, 0.2) is 48.5 Å². The Labute approximate surface area is 209 Å². The molecule has 0 spiro atoms. The van der Waals surface area contributed by atoms with E-state index in [0.29, 0.717) is 37.4 Å². The van der Waals surface area contributed by atoms with Crippen molar-refractivity contribution in [1.29, 1.82) is 0 Å². The Morgan fingerprint density at radius 1 is 1.06 bits per heavy atom. The molecule has 0 bridgehead atoms. The number of nitrogens with one attached hydrogen (secondary N) is 1. The van der Waals surface area contributed by atoms with Gasteiger partial charge in [-0.05, 0) is 44.4 Å². The Hall–Kier alpha value is -3.07. The fourth-order valence-electron chi connectivity index (χ4n) is 3.92. The van der Waals surface area contributed by atoms with Gasteiger partial charge in [0.25, 0.3) is 0 Å². The molecule has 1 N–H and O–H groups in total. The second-order valence-electron chi connectivity index (χ2n) is 8.44. The van der Waals surface area contributed by atoms with Gasteiger partial charge in [-0.1, -0.05) is 48.9 Å². The largest absolute Gasteiger partial charge is 0.495 e. The summed E-state index contributed by atoms with van der Waals surface area (Å²) in [5.41, 5.74) is 2.47. The second-order valence-corrected chi connectivity index (χ2v) is 10.3. The number of para-hydroxylation sites is 2. The maximum absolute atomic E-state index is 13.4. The molecule has 0 aliphatic heterocycles. The van der Waals surface area contributed by atoms with Crippen LogP contribution in [-0.4, -0.2) is 57.6 Å². The molecule has 0 aliphatic rings. The number of likely N-dealkylation sites (N-methyl/N-ethyl adjacent to an activating group) is 1. The number of aryl methyl sites for hydroxylation is 1. The highest BCUT2D eigenvalue weighted by Crippen LogP contribution is 2.29. The van der Waals surface area contributed by atoms with Crippen molar-refractivity contribution in [3.05, 3.63) is 59.7 Å². The molecule has 0 radical (unpaired) electrons. The maximum atomic E-state index is 13.4. The molecule has 2 rings (SSSR count). The fraction of sp³-hybridized carbons (Fsp3) is 0.462. The van der Waals surface area contributed by atoms with E-state index < -0.39 is 16.1 Å². The number of benzene rings is 2. The highest BCUT2D eigenvalue weighted by molar-refractivity contribution is 7.92. The third-order valence-electron chi connectivity index (χ3n) is 5.72. The Morgan fingerprint density at radius 3 is 2.29 bits per heavy atom. The number of rotatable bonds is 13. The topological polar surface area (TPSA) is 96.0 Å². The van der Waals surface area contributed by atoms with Crippen molar-refractivity contribution in [3.8, 4) is 5.75 Å². The van der Waals surface area contributed by atoms with Gasteiger partial charge >= 0.3 is 0 Å². The van der Waals surface area contributed by atoms with E-state index in [-0.39, 0.29) is 24.8 Å². The molecule has 0 unspecified atom stereocenters. The molecule has 2 aromatic rings. The SMILES string of the molecule is CCNC(=O)[C@H](CC)N(Cc1ccc(C)cc1)C(=O)CCCN(c1ccccc1OC)S(C)(=O)=O. The van der Waals surface area contributed by atoms with E-state index in [1.807, 2.05) is 45.0 Å². The third kappa shape index (κ3) is 7.99. The van der Waals surface area contributed by atoms with Gasteiger partial charge in [0.1, 0.15) is 11.8 Å². The van der Waals surface area contributed by atoms with Crippen LogP contribution < -0.4 is 14.4 Å². The van der Waals surface area contributed by atoms with Crippen LogP contribution in [0.5, 0.6) is 5.75 Å². The quantitative estimate of drug-likeness (QED) is 0.451. The summed E-state index contributed by atoms with van der Waals surface area (Å²) >= 11 is 0. The molecule has 2 amide bonds. The Bertz CT molecular complexity index is 1090. The second kappa shape index (κ2) is 13.1. The number of anilines is 1. The maximum Gasteiger partial charge on any atom is 0.242 e. The minimum atomic E-state index is -3.60. The zero-order chi connectivity index (χ0) is 26.0. The van der Waals surface area contributed by atoms with Gasteiger partial charge in [0.05, 0.1) is 19.1 Å². The standard InChI is InChI=1S/C26H37N3O5S/c1-6-22(26(31)27-7-2)28(19-21-16-14-20(3)15-17-21)25(30)13-10-18-29(35(5,32)33)23-11-8-9-12-24(23)34-4/h8-9,11-12,14-17,22H,6-7,10,13,18-19H2,1-5H3,(H,27,31)/t22-/m0/s1. The molecule has 0 aliphatic carbocycles. The monoisotopic (exact) mass is 503 g/mol. The average Bonchev–Trinajstić information content (AvgIpc) is 2.82. The zero-order valence-electron chi connectivity index (χ0n) is 21.3. The smallest absolute Gasteiger partial charge is 0.242 e. The molecular formula is C26H37N3O5S. The first-order chi connectivity index (χ1) is 16.6. The van der Waals surface area contributed by atoms with E-state index in [4.69, 9.17) is 4.74 Å². The van der Waals surface area contributed by atoms with Gasteiger partial charge in [-0.25, -0.2) is 8.42 Å². The highest BCUT2D eigenvalue weighted by Gasteiger charge is 2.28. The van der Waals surface area contributed by atoms with Crippen molar-refractivity contribution in [3.63, 3.8) is 0 Å². The highest BCUT2D eigenvalue weighted by atomic mass is 32.2. The molecule has 9 heteroatoms. The molecule has 0 fully saturated rings.